The molecule has 0 aliphatic carbocycles. The molecule has 1 saturated heterocycles. The summed E-state index contributed by atoms with van der Waals surface area (Å²) in [5, 5.41) is 3.29. The van der Waals surface area contributed by atoms with Crippen molar-refractivity contribution in [1.82, 2.24) is 5.32 Å². The molecule has 1 aromatic rings. The minimum atomic E-state index is 0.000145. The number of hydrogen-bond donors (Lipinski definition) is 1. The molecule has 0 spiro atoms. The van der Waals surface area contributed by atoms with Crippen molar-refractivity contribution >= 4 is 17.5 Å². The minimum Gasteiger partial charge on any atom is -0.306 e. The van der Waals surface area contributed by atoms with Gasteiger partial charge in [-0.1, -0.05) is 23.8 Å². The number of Topliss-reactive ketones (excluding diaryl/α,β-unsaturated/α-hetero) is 1. The van der Waals surface area contributed by atoms with E-state index < -0.39 is 0 Å². The monoisotopic (exact) mass is 235 g/mol. The van der Waals surface area contributed by atoms with Gasteiger partial charge in [0.2, 0.25) is 0 Å². The average molecular weight is 235 g/mol. The van der Waals surface area contributed by atoms with Gasteiger partial charge in [0.15, 0.2) is 5.78 Å². The molecule has 1 atom stereocenters. The maximum Gasteiger partial charge on any atom is 0.180 e. The normalized spacial score (nSPS) is 20.8. The summed E-state index contributed by atoms with van der Waals surface area (Å²) in [7, 11) is 0. The number of aryl methyl sites for hydroxylation is 2. The molecule has 0 saturated carbocycles. The fourth-order valence-electron chi connectivity index (χ4n) is 2.01. The molecule has 1 N–H and O–H groups in total. The Morgan fingerprint density at radius 3 is 2.88 bits per heavy atom. The van der Waals surface area contributed by atoms with E-state index in [0.717, 1.165) is 29.2 Å². The lowest BCUT2D eigenvalue weighted by atomic mass is 9.98. The first-order chi connectivity index (χ1) is 7.68. The quantitative estimate of drug-likeness (QED) is 0.797. The van der Waals surface area contributed by atoms with Crippen molar-refractivity contribution in [3.63, 3.8) is 0 Å². The summed E-state index contributed by atoms with van der Waals surface area (Å²) >= 11 is 1.85. The van der Waals surface area contributed by atoms with Crippen molar-refractivity contribution < 1.29 is 4.79 Å². The zero-order valence-electron chi connectivity index (χ0n) is 9.75. The van der Waals surface area contributed by atoms with Gasteiger partial charge in [0, 0.05) is 23.6 Å². The van der Waals surface area contributed by atoms with Crippen LogP contribution < -0.4 is 5.32 Å². The summed E-state index contributed by atoms with van der Waals surface area (Å²) < 4.78 is 0. The van der Waals surface area contributed by atoms with E-state index in [0.29, 0.717) is 0 Å². The van der Waals surface area contributed by atoms with Crippen LogP contribution in [-0.2, 0) is 0 Å². The van der Waals surface area contributed by atoms with Crippen LogP contribution in [0.3, 0.4) is 0 Å². The number of hydrogen-bond acceptors (Lipinski definition) is 3. The smallest absolute Gasteiger partial charge is 0.180 e. The first kappa shape index (κ1) is 11.7. The maximum atomic E-state index is 12.3. The second kappa shape index (κ2) is 5.02. The largest absolute Gasteiger partial charge is 0.306 e. The highest BCUT2D eigenvalue weighted by molar-refractivity contribution is 7.99. The van der Waals surface area contributed by atoms with Gasteiger partial charge in [-0.2, -0.15) is 11.8 Å². The molecule has 16 heavy (non-hydrogen) atoms. The fraction of sp³-hybridized carbons (Fsp3) is 0.462. The number of thioether (sulfide) groups is 1. The summed E-state index contributed by atoms with van der Waals surface area (Å²) in [6, 6.07) is 6.04. The summed E-state index contributed by atoms with van der Waals surface area (Å²) in [4.78, 5) is 12.3. The highest BCUT2D eigenvalue weighted by Crippen LogP contribution is 2.16. The Morgan fingerprint density at radius 2 is 2.25 bits per heavy atom. The molecule has 1 heterocycles. The van der Waals surface area contributed by atoms with Gasteiger partial charge in [0.1, 0.15) is 0 Å². The molecular weight excluding hydrogens is 218 g/mol. The van der Waals surface area contributed by atoms with Crippen LogP contribution in [0.25, 0.3) is 0 Å². The predicted molar refractivity (Wildman–Crippen MR) is 69.4 cm³/mol. The van der Waals surface area contributed by atoms with Gasteiger partial charge >= 0.3 is 0 Å². The highest BCUT2D eigenvalue weighted by atomic mass is 32.2. The Balaban J connectivity index is 2.19. The lowest BCUT2D eigenvalue weighted by molar-refractivity contribution is 0.0952. The van der Waals surface area contributed by atoms with Crippen LogP contribution in [0, 0.1) is 13.8 Å². The highest BCUT2D eigenvalue weighted by Gasteiger charge is 2.23. The summed E-state index contributed by atoms with van der Waals surface area (Å²) in [6.45, 7) is 5.00. The second-order valence-corrected chi connectivity index (χ2v) is 5.41. The molecule has 3 heteroatoms. The van der Waals surface area contributed by atoms with Crippen LogP contribution in [0.1, 0.15) is 21.5 Å². The zero-order chi connectivity index (χ0) is 11.5. The molecule has 0 radical (unpaired) electrons. The van der Waals surface area contributed by atoms with Gasteiger partial charge in [0.05, 0.1) is 6.04 Å². The van der Waals surface area contributed by atoms with Crippen LogP contribution in [0.5, 0.6) is 0 Å². The van der Waals surface area contributed by atoms with E-state index in [1.165, 1.54) is 5.56 Å². The number of rotatable bonds is 2. The van der Waals surface area contributed by atoms with Gasteiger partial charge < -0.3 is 5.32 Å². The molecular formula is C13H17NOS. The maximum absolute atomic E-state index is 12.3. The van der Waals surface area contributed by atoms with Crippen molar-refractivity contribution in [2.45, 2.75) is 19.9 Å². The van der Waals surface area contributed by atoms with Gasteiger partial charge in [-0.05, 0) is 19.4 Å². The molecule has 2 rings (SSSR count). The van der Waals surface area contributed by atoms with Crippen LogP contribution >= 0.6 is 11.8 Å². The lowest BCUT2D eigenvalue weighted by Crippen LogP contribution is -2.43. The van der Waals surface area contributed by atoms with E-state index >= 15 is 0 Å². The SMILES string of the molecule is Cc1ccc(C(=O)C2CSCCN2)c(C)c1. The first-order valence-electron chi connectivity index (χ1n) is 5.61. The number of carbonyl (C=O) groups is 1. The Labute approximate surface area is 101 Å². The first-order valence-corrected chi connectivity index (χ1v) is 6.76. The van der Waals surface area contributed by atoms with Gasteiger partial charge in [-0.25, -0.2) is 0 Å². The average Bonchev–Trinajstić information content (AvgIpc) is 2.29. The zero-order valence-corrected chi connectivity index (χ0v) is 10.6. The van der Waals surface area contributed by atoms with Crippen LogP contribution in [0.4, 0.5) is 0 Å². The summed E-state index contributed by atoms with van der Waals surface area (Å²) in [6.07, 6.45) is 0. The number of benzene rings is 1. The van der Waals surface area contributed by atoms with Gasteiger partial charge in [0.25, 0.3) is 0 Å². The van der Waals surface area contributed by atoms with E-state index in [1.807, 2.05) is 30.8 Å². The third-order valence-corrected chi connectivity index (χ3v) is 3.95. The van der Waals surface area contributed by atoms with Crippen molar-refractivity contribution in [3.8, 4) is 0 Å². The van der Waals surface area contributed by atoms with E-state index in [1.54, 1.807) is 0 Å². The van der Waals surface area contributed by atoms with E-state index in [-0.39, 0.29) is 11.8 Å². The molecule has 0 amide bonds. The third kappa shape index (κ3) is 2.47. The van der Waals surface area contributed by atoms with Crippen LogP contribution in [-0.4, -0.2) is 29.9 Å². The molecule has 0 aromatic heterocycles. The van der Waals surface area contributed by atoms with E-state index in [2.05, 4.69) is 18.3 Å². The molecule has 1 aromatic carbocycles. The summed E-state index contributed by atoms with van der Waals surface area (Å²) in [5.74, 6) is 2.24. The second-order valence-electron chi connectivity index (χ2n) is 4.26. The summed E-state index contributed by atoms with van der Waals surface area (Å²) in [5.41, 5.74) is 3.16. The van der Waals surface area contributed by atoms with Gasteiger partial charge in [-0.15, -0.1) is 0 Å². The fourth-order valence-corrected chi connectivity index (χ4v) is 2.95. The topological polar surface area (TPSA) is 29.1 Å². The molecule has 1 aliphatic heterocycles. The van der Waals surface area contributed by atoms with Crippen molar-refractivity contribution in [2.75, 3.05) is 18.1 Å². The molecule has 0 bridgehead atoms. The number of ketones is 1. The van der Waals surface area contributed by atoms with Crippen molar-refractivity contribution in [1.29, 1.82) is 0 Å². The Morgan fingerprint density at radius 1 is 1.44 bits per heavy atom. The molecule has 86 valence electrons. The van der Waals surface area contributed by atoms with Gasteiger partial charge in [-0.3, -0.25) is 4.79 Å². The standard InChI is InChI=1S/C13H17NOS/c1-9-3-4-11(10(2)7-9)13(15)12-8-16-6-5-14-12/h3-4,7,12,14H,5-6,8H2,1-2H3. The van der Waals surface area contributed by atoms with Crippen molar-refractivity contribution in [2.24, 2.45) is 0 Å². The van der Waals surface area contributed by atoms with Crippen LogP contribution in [0.2, 0.25) is 0 Å². The van der Waals surface area contributed by atoms with Crippen molar-refractivity contribution in [3.05, 3.63) is 34.9 Å². The van der Waals surface area contributed by atoms with Crippen LogP contribution in [0.15, 0.2) is 18.2 Å². The molecule has 1 aliphatic rings. The van der Waals surface area contributed by atoms with E-state index in [9.17, 15) is 4.79 Å². The molecule has 1 fully saturated rings. The molecule has 2 nitrogen and oxygen atoms in total. The predicted octanol–water partition coefficient (Wildman–Crippen LogP) is 2.19. The molecule has 1 unspecified atom stereocenters. The third-order valence-electron chi connectivity index (χ3n) is 2.89. The Kier molecular flexibility index (Phi) is 3.66. The number of carbonyl (C=O) groups excluding carboxylic acids is 1. The number of nitrogens with one attached hydrogen (secondary N) is 1. The Bertz CT molecular complexity index is 397. The van der Waals surface area contributed by atoms with E-state index in [4.69, 9.17) is 0 Å². The Hall–Kier alpha value is -0.800. The lowest BCUT2D eigenvalue weighted by Gasteiger charge is -2.22. The minimum absolute atomic E-state index is 0.000145.